The van der Waals surface area contributed by atoms with Crippen molar-refractivity contribution in [1.82, 2.24) is 14.4 Å². The molecule has 1 aliphatic heterocycles. The third-order valence-corrected chi connectivity index (χ3v) is 5.28. The second-order valence-electron chi connectivity index (χ2n) is 6.62. The predicted molar refractivity (Wildman–Crippen MR) is 100 cm³/mol. The standard InChI is InChI=1S/C19H24BrN3O/c1-21(2)18(14-6-8-15(20)9-7-14)16-10-11-17(22(16)3)19(24)23-12-4-5-13-23/h6-11,18H,4-5,12-13H2,1-3H3. The highest BCUT2D eigenvalue weighted by Crippen LogP contribution is 2.29. The van der Waals surface area contributed by atoms with Crippen molar-refractivity contribution in [1.29, 1.82) is 0 Å². The summed E-state index contributed by atoms with van der Waals surface area (Å²) < 4.78 is 3.12. The Morgan fingerprint density at radius 3 is 2.29 bits per heavy atom. The molecule has 0 spiro atoms. The van der Waals surface area contributed by atoms with E-state index in [0.29, 0.717) is 0 Å². The fourth-order valence-electron chi connectivity index (χ4n) is 3.48. The molecule has 1 aliphatic rings. The highest BCUT2D eigenvalue weighted by molar-refractivity contribution is 9.10. The largest absolute Gasteiger partial charge is 0.342 e. The lowest BCUT2D eigenvalue weighted by atomic mass is 10.0. The molecule has 1 unspecified atom stereocenters. The Hall–Kier alpha value is -1.59. The van der Waals surface area contributed by atoms with E-state index in [9.17, 15) is 4.79 Å². The second-order valence-corrected chi connectivity index (χ2v) is 7.54. The van der Waals surface area contributed by atoms with Gasteiger partial charge in [-0.2, -0.15) is 0 Å². The minimum atomic E-state index is 0.114. The van der Waals surface area contributed by atoms with Crippen LogP contribution in [0, 0.1) is 0 Å². The van der Waals surface area contributed by atoms with E-state index in [1.165, 1.54) is 5.56 Å². The van der Waals surface area contributed by atoms with Crippen molar-refractivity contribution >= 4 is 21.8 Å². The molecule has 4 nitrogen and oxygen atoms in total. The van der Waals surface area contributed by atoms with E-state index in [2.05, 4.69) is 65.3 Å². The van der Waals surface area contributed by atoms with E-state index in [-0.39, 0.29) is 11.9 Å². The molecule has 24 heavy (non-hydrogen) atoms. The summed E-state index contributed by atoms with van der Waals surface area (Å²) >= 11 is 3.49. The number of rotatable bonds is 4. The molecule has 128 valence electrons. The molecule has 2 heterocycles. The number of carbonyl (C=O) groups is 1. The van der Waals surface area contributed by atoms with Gasteiger partial charge in [-0.3, -0.25) is 9.69 Å². The van der Waals surface area contributed by atoms with Crippen LogP contribution in [0.3, 0.4) is 0 Å². The van der Waals surface area contributed by atoms with Crippen molar-refractivity contribution in [2.45, 2.75) is 18.9 Å². The minimum absolute atomic E-state index is 0.114. The SMILES string of the molecule is CN(C)C(c1ccc(Br)cc1)c1ccc(C(=O)N2CCCC2)n1C. The van der Waals surface area contributed by atoms with Crippen LogP contribution in [-0.4, -0.2) is 47.5 Å². The maximum atomic E-state index is 12.7. The molecule has 0 N–H and O–H groups in total. The predicted octanol–water partition coefficient (Wildman–Crippen LogP) is 3.67. The molecule has 1 saturated heterocycles. The average molecular weight is 390 g/mol. The molecular formula is C19H24BrN3O. The molecule has 0 saturated carbocycles. The van der Waals surface area contributed by atoms with Gasteiger partial charge in [0.2, 0.25) is 0 Å². The van der Waals surface area contributed by atoms with E-state index in [1.54, 1.807) is 0 Å². The zero-order chi connectivity index (χ0) is 17.3. The van der Waals surface area contributed by atoms with E-state index >= 15 is 0 Å². The Bertz CT molecular complexity index is 715. The van der Waals surface area contributed by atoms with Crippen molar-refractivity contribution in [3.63, 3.8) is 0 Å². The van der Waals surface area contributed by atoms with E-state index in [0.717, 1.165) is 41.8 Å². The van der Waals surface area contributed by atoms with Crippen LogP contribution in [0.25, 0.3) is 0 Å². The van der Waals surface area contributed by atoms with Crippen LogP contribution in [0.5, 0.6) is 0 Å². The Morgan fingerprint density at radius 2 is 1.71 bits per heavy atom. The summed E-state index contributed by atoms with van der Waals surface area (Å²) in [6.45, 7) is 1.76. The lowest BCUT2D eigenvalue weighted by molar-refractivity contribution is 0.0782. The normalized spacial score (nSPS) is 16.0. The number of hydrogen-bond acceptors (Lipinski definition) is 2. The van der Waals surface area contributed by atoms with Gasteiger partial charge in [0.25, 0.3) is 5.91 Å². The fourth-order valence-corrected chi connectivity index (χ4v) is 3.74. The first-order chi connectivity index (χ1) is 11.5. The van der Waals surface area contributed by atoms with Crippen LogP contribution in [0.1, 0.15) is 40.6 Å². The molecule has 0 bridgehead atoms. The molecule has 0 radical (unpaired) electrons. The van der Waals surface area contributed by atoms with Crippen LogP contribution in [0.15, 0.2) is 40.9 Å². The molecule has 0 aliphatic carbocycles. The molecule has 1 amide bonds. The number of benzene rings is 1. The minimum Gasteiger partial charge on any atom is -0.342 e. The third-order valence-electron chi connectivity index (χ3n) is 4.76. The summed E-state index contributed by atoms with van der Waals surface area (Å²) in [6.07, 6.45) is 2.23. The number of likely N-dealkylation sites (tertiary alicyclic amines) is 1. The van der Waals surface area contributed by atoms with E-state index in [1.807, 2.05) is 22.6 Å². The lowest BCUT2D eigenvalue weighted by Crippen LogP contribution is -2.30. The summed E-state index contributed by atoms with van der Waals surface area (Å²) in [5.41, 5.74) is 3.12. The monoisotopic (exact) mass is 389 g/mol. The third kappa shape index (κ3) is 3.28. The summed E-state index contributed by atoms with van der Waals surface area (Å²) in [4.78, 5) is 16.9. The molecule has 1 aromatic carbocycles. The Labute approximate surface area is 152 Å². The maximum Gasteiger partial charge on any atom is 0.270 e. The first-order valence-electron chi connectivity index (χ1n) is 8.36. The van der Waals surface area contributed by atoms with Gasteiger partial charge >= 0.3 is 0 Å². The van der Waals surface area contributed by atoms with Gasteiger partial charge in [-0.25, -0.2) is 0 Å². The van der Waals surface area contributed by atoms with Gasteiger partial charge in [-0.1, -0.05) is 28.1 Å². The molecule has 1 aromatic heterocycles. The number of amides is 1. The zero-order valence-electron chi connectivity index (χ0n) is 14.5. The summed E-state index contributed by atoms with van der Waals surface area (Å²) in [6, 6.07) is 12.5. The Balaban J connectivity index is 1.94. The molecule has 3 rings (SSSR count). The molecule has 2 aromatic rings. The number of nitrogens with zero attached hydrogens (tertiary/aromatic N) is 3. The van der Waals surface area contributed by atoms with Gasteiger partial charge in [-0.15, -0.1) is 0 Å². The Morgan fingerprint density at radius 1 is 1.08 bits per heavy atom. The fraction of sp³-hybridized carbons (Fsp3) is 0.421. The van der Waals surface area contributed by atoms with Gasteiger partial charge in [-0.05, 0) is 56.8 Å². The van der Waals surface area contributed by atoms with Gasteiger partial charge in [0, 0.05) is 30.3 Å². The molecule has 1 atom stereocenters. The van der Waals surface area contributed by atoms with Crippen molar-refractivity contribution < 1.29 is 4.79 Å². The van der Waals surface area contributed by atoms with Crippen LogP contribution in [0.2, 0.25) is 0 Å². The Kier molecular flexibility index (Phi) is 5.11. The quantitative estimate of drug-likeness (QED) is 0.797. The van der Waals surface area contributed by atoms with Gasteiger partial charge < -0.3 is 9.47 Å². The average Bonchev–Trinajstić information content (AvgIpc) is 3.20. The maximum absolute atomic E-state index is 12.7. The van der Waals surface area contributed by atoms with Gasteiger partial charge in [0.05, 0.1) is 6.04 Å². The molecule has 1 fully saturated rings. The molecule has 5 heteroatoms. The highest BCUT2D eigenvalue weighted by atomic mass is 79.9. The van der Waals surface area contributed by atoms with E-state index < -0.39 is 0 Å². The highest BCUT2D eigenvalue weighted by Gasteiger charge is 2.26. The number of hydrogen-bond donors (Lipinski definition) is 0. The van der Waals surface area contributed by atoms with Crippen LogP contribution in [0.4, 0.5) is 0 Å². The zero-order valence-corrected chi connectivity index (χ0v) is 16.1. The number of halogens is 1. The van der Waals surface area contributed by atoms with Crippen molar-refractivity contribution in [3.05, 3.63) is 57.8 Å². The van der Waals surface area contributed by atoms with Crippen molar-refractivity contribution in [2.75, 3.05) is 27.2 Å². The van der Waals surface area contributed by atoms with E-state index in [4.69, 9.17) is 0 Å². The van der Waals surface area contributed by atoms with Crippen LogP contribution in [-0.2, 0) is 7.05 Å². The van der Waals surface area contributed by atoms with Crippen molar-refractivity contribution in [2.24, 2.45) is 7.05 Å². The lowest BCUT2D eigenvalue weighted by Gasteiger charge is -2.26. The van der Waals surface area contributed by atoms with Crippen LogP contribution >= 0.6 is 15.9 Å². The first-order valence-corrected chi connectivity index (χ1v) is 9.15. The number of carbonyl (C=O) groups excluding carboxylic acids is 1. The molecular weight excluding hydrogens is 366 g/mol. The van der Waals surface area contributed by atoms with Gasteiger partial charge in [0.15, 0.2) is 0 Å². The van der Waals surface area contributed by atoms with Gasteiger partial charge in [0.1, 0.15) is 5.69 Å². The topological polar surface area (TPSA) is 28.5 Å². The second kappa shape index (κ2) is 7.11. The summed E-state index contributed by atoms with van der Waals surface area (Å²) in [5, 5.41) is 0. The van der Waals surface area contributed by atoms with Crippen molar-refractivity contribution in [3.8, 4) is 0 Å². The first kappa shape index (κ1) is 17.2. The summed E-state index contributed by atoms with van der Waals surface area (Å²) in [7, 11) is 6.14. The van der Waals surface area contributed by atoms with Crippen LogP contribution < -0.4 is 0 Å². The number of aromatic nitrogens is 1. The smallest absolute Gasteiger partial charge is 0.270 e. The summed E-state index contributed by atoms with van der Waals surface area (Å²) in [5.74, 6) is 0.148.